The van der Waals surface area contributed by atoms with Crippen LogP contribution in [0.1, 0.15) is 10.4 Å². The number of hydrogen-bond acceptors (Lipinski definition) is 3. The Bertz CT molecular complexity index is 626. The summed E-state index contributed by atoms with van der Waals surface area (Å²) >= 11 is 0. The highest BCUT2D eigenvalue weighted by Gasteiger charge is 2.28. The van der Waals surface area contributed by atoms with Crippen molar-refractivity contribution in [2.24, 2.45) is 0 Å². The Morgan fingerprint density at radius 1 is 1.32 bits per heavy atom. The van der Waals surface area contributed by atoms with E-state index in [-0.39, 0.29) is 11.4 Å². The van der Waals surface area contributed by atoms with Crippen molar-refractivity contribution >= 4 is 22.7 Å². The molecule has 0 aliphatic carbocycles. The van der Waals surface area contributed by atoms with Gasteiger partial charge < -0.3 is 10.4 Å². The molecule has 0 saturated carbocycles. The molecule has 19 heavy (non-hydrogen) atoms. The van der Waals surface area contributed by atoms with Crippen LogP contribution in [0, 0.1) is 0 Å². The van der Waals surface area contributed by atoms with Crippen molar-refractivity contribution in [3.63, 3.8) is 0 Å². The number of pyridine rings is 1. The maximum Gasteiger partial charge on any atom is 0.405 e. The second-order valence-electron chi connectivity index (χ2n) is 3.85. The summed E-state index contributed by atoms with van der Waals surface area (Å²) in [5, 5.41) is 11.6. The fraction of sp³-hybridized carbons (Fsp3) is 0.167. The molecule has 2 rings (SSSR count). The molecule has 0 atom stereocenters. The van der Waals surface area contributed by atoms with Gasteiger partial charge in [-0.05, 0) is 12.1 Å². The first kappa shape index (κ1) is 13.1. The molecule has 0 unspecified atom stereocenters. The van der Waals surface area contributed by atoms with Crippen LogP contribution < -0.4 is 5.32 Å². The molecule has 0 radical (unpaired) electrons. The lowest BCUT2D eigenvalue weighted by Gasteiger charge is -2.12. The summed E-state index contributed by atoms with van der Waals surface area (Å²) in [5.74, 6) is -1.62. The van der Waals surface area contributed by atoms with Gasteiger partial charge in [-0.25, -0.2) is 9.78 Å². The van der Waals surface area contributed by atoms with Gasteiger partial charge in [0.15, 0.2) is 0 Å². The number of aromatic carboxylic acids is 1. The standard InChI is InChI=1S/C12H9F3N2O2/c13-12(14,15)6-16-10-8(11(18)19)5-7-3-1-2-4-9(7)17-10/h1-5H,6H2,(H,16,17)(H,18,19). The maximum atomic E-state index is 12.2. The zero-order valence-corrected chi connectivity index (χ0v) is 9.53. The lowest BCUT2D eigenvalue weighted by molar-refractivity contribution is -0.115. The monoisotopic (exact) mass is 270 g/mol. The third kappa shape index (κ3) is 3.12. The molecule has 1 aromatic heterocycles. The lowest BCUT2D eigenvalue weighted by atomic mass is 10.1. The smallest absolute Gasteiger partial charge is 0.405 e. The number of aromatic nitrogens is 1. The maximum absolute atomic E-state index is 12.2. The van der Waals surface area contributed by atoms with Gasteiger partial charge in [0, 0.05) is 5.39 Å². The van der Waals surface area contributed by atoms with Gasteiger partial charge in [0.25, 0.3) is 0 Å². The van der Waals surface area contributed by atoms with Gasteiger partial charge in [-0.15, -0.1) is 0 Å². The highest BCUT2D eigenvalue weighted by atomic mass is 19.4. The minimum Gasteiger partial charge on any atom is -0.478 e. The number of hydrogen-bond donors (Lipinski definition) is 2. The zero-order chi connectivity index (χ0) is 14.0. The topological polar surface area (TPSA) is 62.2 Å². The Morgan fingerprint density at radius 3 is 2.63 bits per heavy atom. The molecule has 0 amide bonds. The quantitative estimate of drug-likeness (QED) is 0.900. The summed E-state index contributed by atoms with van der Waals surface area (Å²) in [6.07, 6.45) is -4.44. The Hall–Kier alpha value is -2.31. The molecule has 0 aliphatic rings. The van der Waals surface area contributed by atoms with E-state index in [0.717, 1.165) is 0 Å². The van der Waals surface area contributed by atoms with Crippen LogP contribution in [0.25, 0.3) is 10.9 Å². The molecule has 2 aromatic rings. The number of fused-ring (bicyclic) bond motifs is 1. The van der Waals surface area contributed by atoms with E-state index in [2.05, 4.69) is 4.98 Å². The number of carbonyl (C=O) groups is 1. The molecular formula is C12H9F3N2O2. The summed E-state index contributed by atoms with van der Waals surface area (Å²) in [5.41, 5.74) is 0.139. The first-order valence-corrected chi connectivity index (χ1v) is 5.30. The molecule has 0 saturated heterocycles. The van der Waals surface area contributed by atoms with E-state index >= 15 is 0 Å². The van der Waals surface area contributed by atoms with Crippen LogP contribution in [-0.4, -0.2) is 28.8 Å². The molecule has 0 spiro atoms. The average Bonchev–Trinajstić information content (AvgIpc) is 2.34. The molecule has 0 aliphatic heterocycles. The molecule has 1 aromatic carbocycles. The number of nitrogens with zero attached hydrogens (tertiary/aromatic N) is 1. The van der Waals surface area contributed by atoms with Crippen molar-refractivity contribution in [3.05, 3.63) is 35.9 Å². The largest absolute Gasteiger partial charge is 0.478 e. The summed E-state index contributed by atoms with van der Waals surface area (Å²) in [7, 11) is 0. The molecule has 7 heteroatoms. The molecular weight excluding hydrogens is 261 g/mol. The van der Waals surface area contributed by atoms with Crippen LogP contribution in [0.5, 0.6) is 0 Å². The number of anilines is 1. The van der Waals surface area contributed by atoms with Gasteiger partial charge in [0.2, 0.25) is 0 Å². The number of carboxylic acids is 1. The predicted molar refractivity (Wildman–Crippen MR) is 63.2 cm³/mol. The van der Waals surface area contributed by atoms with Crippen LogP contribution in [0.4, 0.5) is 19.0 Å². The van der Waals surface area contributed by atoms with Gasteiger partial charge in [-0.2, -0.15) is 13.2 Å². The van der Waals surface area contributed by atoms with E-state index in [9.17, 15) is 18.0 Å². The van der Waals surface area contributed by atoms with E-state index in [1.807, 2.05) is 5.32 Å². The zero-order valence-electron chi connectivity index (χ0n) is 9.53. The minimum atomic E-state index is -4.44. The molecule has 100 valence electrons. The minimum absolute atomic E-state index is 0.288. The molecule has 4 nitrogen and oxygen atoms in total. The van der Waals surface area contributed by atoms with Crippen LogP contribution in [0.2, 0.25) is 0 Å². The number of rotatable bonds is 3. The van der Waals surface area contributed by atoms with Gasteiger partial charge >= 0.3 is 12.1 Å². The fourth-order valence-electron chi connectivity index (χ4n) is 1.60. The van der Waals surface area contributed by atoms with E-state index in [1.165, 1.54) is 6.07 Å². The normalized spacial score (nSPS) is 11.5. The first-order chi connectivity index (χ1) is 8.87. The van der Waals surface area contributed by atoms with E-state index in [0.29, 0.717) is 10.9 Å². The number of benzene rings is 1. The number of alkyl halides is 3. The summed E-state index contributed by atoms with van der Waals surface area (Å²) in [6, 6.07) is 7.90. The van der Waals surface area contributed by atoms with Gasteiger partial charge in [-0.3, -0.25) is 0 Å². The Kier molecular flexibility index (Phi) is 3.28. The number of halogens is 3. The number of carboxylic acid groups (broad SMARTS) is 1. The molecule has 2 N–H and O–H groups in total. The van der Waals surface area contributed by atoms with Crippen LogP contribution in [-0.2, 0) is 0 Å². The predicted octanol–water partition coefficient (Wildman–Crippen LogP) is 2.91. The van der Waals surface area contributed by atoms with Crippen molar-refractivity contribution in [3.8, 4) is 0 Å². The summed E-state index contributed by atoms with van der Waals surface area (Å²) < 4.78 is 36.5. The molecule has 0 fully saturated rings. The second kappa shape index (κ2) is 4.75. The Balaban J connectivity index is 2.45. The van der Waals surface area contributed by atoms with Crippen molar-refractivity contribution < 1.29 is 23.1 Å². The third-order valence-electron chi connectivity index (χ3n) is 2.41. The third-order valence-corrected chi connectivity index (χ3v) is 2.41. The highest BCUT2D eigenvalue weighted by Crippen LogP contribution is 2.22. The molecule has 0 bridgehead atoms. The lowest BCUT2D eigenvalue weighted by Crippen LogP contribution is -2.23. The van der Waals surface area contributed by atoms with E-state index in [4.69, 9.17) is 5.11 Å². The van der Waals surface area contributed by atoms with Gasteiger partial charge in [-0.1, -0.05) is 18.2 Å². The summed E-state index contributed by atoms with van der Waals surface area (Å²) in [6.45, 7) is -1.33. The average molecular weight is 270 g/mol. The second-order valence-corrected chi connectivity index (χ2v) is 3.85. The van der Waals surface area contributed by atoms with Crippen molar-refractivity contribution in [2.75, 3.05) is 11.9 Å². The first-order valence-electron chi connectivity index (χ1n) is 5.30. The van der Waals surface area contributed by atoms with E-state index in [1.54, 1.807) is 24.3 Å². The number of para-hydroxylation sites is 1. The van der Waals surface area contributed by atoms with Crippen LogP contribution in [0.3, 0.4) is 0 Å². The van der Waals surface area contributed by atoms with Gasteiger partial charge in [0.05, 0.1) is 5.52 Å². The Morgan fingerprint density at radius 2 is 2.00 bits per heavy atom. The van der Waals surface area contributed by atoms with Gasteiger partial charge in [0.1, 0.15) is 17.9 Å². The molecule has 1 heterocycles. The SMILES string of the molecule is O=C(O)c1cc2ccccc2nc1NCC(F)(F)F. The van der Waals surface area contributed by atoms with Crippen LogP contribution >= 0.6 is 0 Å². The fourth-order valence-corrected chi connectivity index (χ4v) is 1.60. The number of nitrogens with one attached hydrogen (secondary N) is 1. The van der Waals surface area contributed by atoms with E-state index < -0.39 is 18.7 Å². The van der Waals surface area contributed by atoms with Crippen molar-refractivity contribution in [1.82, 2.24) is 4.98 Å². The Labute approximate surface area is 105 Å². The van der Waals surface area contributed by atoms with Crippen LogP contribution in [0.15, 0.2) is 30.3 Å². The summed E-state index contributed by atoms with van der Waals surface area (Å²) in [4.78, 5) is 14.9. The van der Waals surface area contributed by atoms with Crippen molar-refractivity contribution in [2.45, 2.75) is 6.18 Å². The van der Waals surface area contributed by atoms with Crippen molar-refractivity contribution in [1.29, 1.82) is 0 Å². The highest BCUT2D eigenvalue weighted by molar-refractivity contribution is 5.98.